The van der Waals surface area contributed by atoms with Gasteiger partial charge in [0.15, 0.2) is 0 Å². The van der Waals surface area contributed by atoms with Crippen molar-refractivity contribution in [1.29, 1.82) is 0 Å². The van der Waals surface area contributed by atoms with E-state index in [0.717, 1.165) is 65.3 Å². The molecule has 0 radical (unpaired) electrons. The van der Waals surface area contributed by atoms with Gasteiger partial charge in [0.1, 0.15) is 11.6 Å². The lowest BCUT2D eigenvalue weighted by molar-refractivity contribution is -0.146. The Morgan fingerprint density at radius 1 is 1.02 bits per heavy atom. The number of esters is 1. The molecule has 0 bridgehead atoms. The van der Waals surface area contributed by atoms with Gasteiger partial charge in [0.2, 0.25) is 0 Å². The predicted octanol–water partition coefficient (Wildman–Crippen LogP) is 7.07. The van der Waals surface area contributed by atoms with E-state index in [9.17, 15) is 9.18 Å². The summed E-state index contributed by atoms with van der Waals surface area (Å²) in [4.78, 5) is 20.4. The third-order valence-electron chi connectivity index (χ3n) is 7.20. The zero-order chi connectivity index (χ0) is 29.3. The van der Waals surface area contributed by atoms with Crippen LogP contribution < -0.4 is 10.2 Å². The van der Waals surface area contributed by atoms with Crippen molar-refractivity contribution in [2.24, 2.45) is 5.41 Å². The lowest BCUT2D eigenvalue weighted by Crippen LogP contribution is -2.38. The fraction of sp³-hybridized carbons (Fsp3) is 0.485. The largest absolute Gasteiger partial charge is 0.493 e. The van der Waals surface area contributed by atoms with Crippen LogP contribution in [-0.2, 0) is 20.8 Å². The zero-order valence-electron chi connectivity index (χ0n) is 25.1. The normalized spacial score (nSPS) is 16.3. The first kappa shape index (κ1) is 31.2. The van der Waals surface area contributed by atoms with Crippen LogP contribution in [0.3, 0.4) is 0 Å². The Kier molecular flexibility index (Phi) is 11.2. The van der Waals surface area contributed by atoms with Crippen molar-refractivity contribution in [3.05, 3.63) is 82.4 Å². The lowest BCUT2D eigenvalue weighted by Gasteiger charge is -2.41. The van der Waals surface area contributed by atoms with Crippen LogP contribution in [0.15, 0.2) is 65.5 Å². The predicted molar refractivity (Wildman–Crippen MR) is 158 cm³/mol. The van der Waals surface area contributed by atoms with E-state index in [0.29, 0.717) is 13.0 Å². The zero-order valence-corrected chi connectivity index (χ0v) is 25.1. The molecule has 1 fully saturated rings. The van der Waals surface area contributed by atoms with Crippen molar-refractivity contribution in [2.75, 3.05) is 26.8 Å². The molecule has 3 rings (SSSR count). The van der Waals surface area contributed by atoms with Gasteiger partial charge >= 0.3 is 5.97 Å². The molecule has 7 heteroatoms. The molecule has 2 aromatic carbocycles. The van der Waals surface area contributed by atoms with Crippen LogP contribution in [-0.4, -0.2) is 43.8 Å². The standard InChI is InChI=1S/C33H45FN2O4/c1-23(2)40-30(37)22-24(3)32(36-19-17-33(5,6)18-20-36)31(25(4)35-38-7)27-10-14-29(15-11-27)39-21-16-26-8-12-28(34)13-9-26/h8-15,23,35H,16-22H2,1-7H3/b31-25-,32-24-. The number of ether oxygens (including phenoxy) is 2. The highest BCUT2D eigenvalue weighted by atomic mass is 19.1. The second-order valence-corrected chi connectivity index (χ2v) is 11.6. The van der Waals surface area contributed by atoms with Crippen molar-refractivity contribution in [3.63, 3.8) is 0 Å². The molecule has 218 valence electrons. The molecule has 6 nitrogen and oxygen atoms in total. The Labute approximate surface area is 239 Å². The number of carbonyl (C=O) groups excluding carboxylic acids is 1. The number of hydrogen-bond donors (Lipinski definition) is 1. The first-order valence-electron chi connectivity index (χ1n) is 14.1. The number of rotatable bonds is 12. The second-order valence-electron chi connectivity index (χ2n) is 11.6. The molecule has 1 aliphatic rings. The van der Waals surface area contributed by atoms with Crippen molar-refractivity contribution in [1.82, 2.24) is 10.4 Å². The van der Waals surface area contributed by atoms with Crippen LogP contribution in [0.5, 0.6) is 5.75 Å². The fourth-order valence-electron chi connectivity index (χ4n) is 4.97. The van der Waals surface area contributed by atoms with E-state index in [-0.39, 0.29) is 29.7 Å². The average Bonchev–Trinajstić information content (AvgIpc) is 2.89. The van der Waals surface area contributed by atoms with Crippen molar-refractivity contribution >= 4 is 11.5 Å². The third kappa shape index (κ3) is 9.12. The molecule has 1 saturated heterocycles. The number of halogens is 1. The summed E-state index contributed by atoms with van der Waals surface area (Å²) in [6, 6.07) is 14.5. The van der Waals surface area contributed by atoms with Gasteiger partial charge in [-0.2, -0.15) is 0 Å². The van der Waals surface area contributed by atoms with Crippen LogP contribution in [0.25, 0.3) is 5.57 Å². The Bertz CT molecular complexity index is 1170. The molecule has 40 heavy (non-hydrogen) atoms. The molecule has 0 aliphatic carbocycles. The Hall–Kier alpha value is -3.32. The van der Waals surface area contributed by atoms with E-state index in [1.54, 1.807) is 19.2 Å². The van der Waals surface area contributed by atoms with E-state index < -0.39 is 0 Å². The van der Waals surface area contributed by atoms with Gasteiger partial charge in [-0.05, 0) is 86.9 Å². The number of hydroxylamine groups is 1. The van der Waals surface area contributed by atoms with Gasteiger partial charge in [-0.3, -0.25) is 15.1 Å². The SMILES string of the molecule is CON/C(C)=C(\C(=C(/C)CC(=O)OC(C)C)N1CCC(C)(C)CC1)c1ccc(OCCc2ccc(F)cc2)cc1. The Morgan fingerprint density at radius 3 is 2.23 bits per heavy atom. The molecule has 0 amide bonds. The molecule has 0 atom stereocenters. The number of nitrogens with one attached hydrogen (secondary N) is 1. The summed E-state index contributed by atoms with van der Waals surface area (Å²) >= 11 is 0. The molecule has 0 saturated carbocycles. The number of piperidine rings is 1. The molecule has 1 heterocycles. The number of nitrogens with zero attached hydrogens (tertiary/aromatic N) is 1. The monoisotopic (exact) mass is 552 g/mol. The third-order valence-corrected chi connectivity index (χ3v) is 7.20. The summed E-state index contributed by atoms with van der Waals surface area (Å²) in [6.07, 6.45) is 2.85. The van der Waals surface area contributed by atoms with Crippen molar-refractivity contribution < 1.29 is 23.5 Å². The van der Waals surface area contributed by atoms with Crippen LogP contribution >= 0.6 is 0 Å². The minimum absolute atomic E-state index is 0.165. The van der Waals surface area contributed by atoms with Gasteiger partial charge in [0, 0.05) is 36.5 Å². The van der Waals surface area contributed by atoms with Crippen LogP contribution in [0, 0.1) is 11.2 Å². The molecular formula is C33H45FN2O4. The fourth-order valence-corrected chi connectivity index (χ4v) is 4.97. The smallest absolute Gasteiger partial charge is 0.310 e. The van der Waals surface area contributed by atoms with E-state index in [4.69, 9.17) is 14.3 Å². The van der Waals surface area contributed by atoms with Gasteiger partial charge in [0.05, 0.1) is 26.2 Å². The lowest BCUT2D eigenvalue weighted by atomic mass is 9.81. The number of carbonyl (C=O) groups is 1. The first-order valence-corrected chi connectivity index (χ1v) is 14.1. The van der Waals surface area contributed by atoms with Crippen LogP contribution in [0.1, 0.15) is 71.9 Å². The van der Waals surface area contributed by atoms with E-state index in [1.807, 2.05) is 52.0 Å². The molecule has 0 unspecified atom stereocenters. The number of allylic oxidation sites excluding steroid dienone is 2. The van der Waals surface area contributed by atoms with Gasteiger partial charge in [0.25, 0.3) is 0 Å². The topological polar surface area (TPSA) is 60.0 Å². The molecule has 1 N–H and O–H groups in total. The van der Waals surface area contributed by atoms with Gasteiger partial charge in [-0.15, -0.1) is 0 Å². The maximum atomic E-state index is 13.2. The van der Waals surface area contributed by atoms with Crippen molar-refractivity contribution in [3.8, 4) is 5.75 Å². The van der Waals surface area contributed by atoms with E-state index >= 15 is 0 Å². The number of hydrogen-bond acceptors (Lipinski definition) is 6. The molecule has 0 spiro atoms. The quantitative estimate of drug-likeness (QED) is 0.173. The van der Waals surface area contributed by atoms with Crippen molar-refractivity contribution in [2.45, 2.75) is 73.3 Å². The minimum atomic E-state index is -0.240. The molecule has 0 aromatic heterocycles. The summed E-state index contributed by atoms with van der Waals surface area (Å²) in [6.45, 7) is 14.6. The summed E-state index contributed by atoms with van der Waals surface area (Å²) in [5.74, 6) is 0.283. The molecular weight excluding hydrogens is 507 g/mol. The highest BCUT2D eigenvalue weighted by molar-refractivity contribution is 5.83. The first-order chi connectivity index (χ1) is 19.0. The maximum Gasteiger partial charge on any atom is 0.310 e. The van der Waals surface area contributed by atoms with Crippen LogP contribution in [0.4, 0.5) is 4.39 Å². The summed E-state index contributed by atoms with van der Waals surface area (Å²) in [5.41, 5.74) is 9.15. The van der Waals surface area contributed by atoms with Crippen LogP contribution in [0.2, 0.25) is 0 Å². The Morgan fingerprint density at radius 2 is 1.65 bits per heavy atom. The van der Waals surface area contributed by atoms with Gasteiger partial charge in [-0.1, -0.05) is 38.1 Å². The van der Waals surface area contributed by atoms with Gasteiger partial charge < -0.3 is 14.4 Å². The summed E-state index contributed by atoms with van der Waals surface area (Å²) < 4.78 is 24.7. The highest BCUT2D eigenvalue weighted by Crippen LogP contribution is 2.38. The molecule has 1 aliphatic heterocycles. The highest BCUT2D eigenvalue weighted by Gasteiger charge is 2.30. The number of benzene rings is 2. The summed E-state index contributed by atoms with van der Waals surface area (Å²) in [7, 11) is 1.60. The average molecular weight is 553 g/mol. The van der Waals surface area contributed by atoms with Gasteiger partial charge in [-0.25, -0.2) is 4.39 Å². The van der Waals surface area contributed by atoms with E-state index in [2.05, 4.69) is 24.2 Å². The minimum Gasteiger partial charge on any atom is -0.493 e. The second kappa shape index (κ2) is 14.4. The maximum absolute atomic E-state index is 13.2. The van der Waals surface area contributed by atoms with E-state index in [1.165, 1.54) is 12.1 Å². The number of likely N-dealkylation sites (tertiary alicyclic amines) is 1. The summed E-state index contributed by atoms with van der Waals surface area (Å²) in [5, 5.41) is 0. The Balaban J connectivity index is 1.91. The molecule has 2 aromatic rings.